The Morgan fingerprint density at radius 1 is 1.06 bits per heavy atom. The number of carboxylic acids is 1. The first-order valence-corrected chi connectivity index (χ1v) is 13.3. The fourth-order valence-corrected chi connectivity index (χ4v) is 4.17. The Morgan fingerprint density at radius 3 is 2.50 bits per heavy atom. The van der Waals surface area contributed by atoms with E-state index >= 15 is 0 Å². The number of amides is 3. The van der Waals surface area contributed by atoms with Gasteiger partial charge in [0.15, 0.2) is 0 Å². The molecule has 0 aliphatic heterocycles. The predicted octanol–water partition coefficient (Wildman–Crippen LogP) is 0.0902. The zero-order valence-corrected chi connectivity index (χ0v) is 21.2. The fourth-order valence-electron chi connectivity index (χ4n) is 3.70. The molecule has 9 N–H and O–H groups in total. The van der Waals surface area contributed by atoms with Crippen LogP contribution in [0.5, 0.6) is 0 Å². The monoisotopic (exact) mass is 520 g/mol. The normalized spacial score (nSPS) is 13.5. The minimum atomic E-state index is -1.14. The molecule has 0 saturated heterocycles. The number of hydrogen-bond acceptors (Lipinski definition) is 7. The van der Waals surface area contributed by atoms with Crippen molar-refractivity contribution in [1.29, 1.82) is 0 Å². The molecule has 0 saturated carbocycles. The molecule has 0 aliphatic rings. The molecule has 2 rings (SSSR count). The highest BCUT2D eigenvalue weighted by Crippen LogP contribution is 2.18. The van der Waals surface area contributed by atoms with Gasteiger partial charge in [-0.2, -0.15) is 11.8 Å². The molecule has 12 heteroatoms. The number of thioether (sulfide) groups is 1. The number of aliphatic carboxylic acids is 1. The predicted molar refractivity (Wildman–Crippen MR) is 140 cm³/mol. The third-order valence-corrected chi connectivity index (χ3v) is 6.34. The van der Waals surface area contributed by atoms with Crippen LogP contribution in [0.25, 0.3) is 10.9 Å². The van der Waals surface area contributed by atoms with Gasteiger partial charge in [0, 0.05) is 17.1 Å². The smallest absolute Gasteiger partial charge is 0.326 e. The van der Waals surface area contributed by atoms with Crippen molar-refractivity contribution < 1.29 is 24.3 Å². The maximum atomic E-state index is 12.8. The third-order valence-electron chi connectivity index (χ3n) is 5.70. The van der Waals surface area contributed by atoms with Crippen molar-refractivity contribution in [2.75, 3.05) is 25.1 Å². The summed E-state index contributed by atoms with van der Waals surface area (Å²) in [7, 11) is 0. The lowest BCUT2D eigenvalue weighted by Crippen LogP contribution is -2.53. The number of H-pyrrole nitrogens is 1. The Labute approximate surface area is 214 Å². The van der Waals surface area contributed by atoms with Crippen LogP contribution in [0.4, 0.5) is 0 Å². The topological polar surface area (TPSA) is 192 Å². The van der Waals surface area contributed by atoms with Gasteiger partial charge in [0.25, 0.3) is 0 Å². The highest BCUT2D eigenvalue weighted by Gasteiger charge is 2.25. The summed E-state index contributed by atoms with van der Waals surface area (Å²) in [6.07, 6.45) is 5.77. The Hall–Kier alpha value is -3.09. The Balaban J connectivity index is 1.95. The summed E-state index contributed by atoms with van der Waals surface area (Å²) >= 11 is 1.47. The number of para-hydroxylation sites is 1. The lowest BCUT2D eigenvalue weighted by atomic mass is 10.0. The molecule has 2 aromatic rings. The SMILES string of the molecule is CSCCC(NC(=O)CNC(=O)C(CCCCN)NC(=O)C(N)Cc1c[nH]c2ccccc12)C(=O)O. The molecular weight excluding hydrogens is 484 g/mol. The van der Waals surface area contributed by atoms with Crippen LogP contribution in [-0.4, -0.2) is 77.0 Å². The van der Waals surface area contributed by atoms with Gasteiger partial charge in [-0.15, -0.1) is 0 Å². The van der Waals surface area contributed by atoms with Crippen molar-refractivity contribution in [2.45, 2.75) is 50.2 Å². The first-order valence-electron chi connectivity index (χ1n) is 11.9. The van der Waals surface area contributed by atoms with E-state index in [0.29, 0.717) is 31.6 Å². The average molecular weight is 521 g/mol. The highest BCUT2D eigenvalue weighted by molar-refractivity contribution is 7.98. The largest absolute Gasteiger partial charge is 0.480 e. The van der Waals surface area contributed by atoms with E-state index in [9.17, 15) is 24.3 Å². The second-order valence-corrected chi connectivity index (χ2v) is 9.46. The van der Waals surface area contributed by atoms with E-state index in [0.717, 1.165) is 16.5 Å². The van der Waals surface area contributed by atoms with Gasteiger partial charge < -0.3 is 37.5 Å². The van der Waals surface area contributed by atoms with Crippen LogP contribution < -0.4 is 27.4 Å². The molecule has 0 fully saturated rings. The highest BCUT2D eigenvalue weighted by atomic mass is 32.2. The molecule has 0 aliphatic carbocycles. The number of rotatable bonds is 16. The summed E-state index contributed by atoms with van der Waals surface area (Å²) in [5.74, 6) is -2.23. The second-order valence-electron chi connectivity index (χ2n) is 8.47. The Kier molecular flexibility index (Phi) is 12.2. The number of aromatic nitrogens is 1. The minimum absolute atomic E-state index is 0.266. The standard InChI is InChI=1S/C24H36N6O5S/c1-36-11-9-20(24(34)35)29-21(31)14-28-23(33)19(8-4-5-10-25)30-22(32)17(26)12-15-13-27-18-7-3-2-6-16(15)18/h2-3,6-7,13,17,19-20,27H,4-5,8-12,14,25-26H2,1H3,(H,28,33)(H,29,31)(H,30,32)(H,34,35). The second kappa shape index (κ2) is 15.1. The zero-order valence-electron chi connectivity index (χ0n) is 20.4. The van der Waals surface area contributed by atoms with E-state index in [1.54, 1.807) is 0 Å². The summed E-state index contributed by atoms with van der Waals surface area (Å²) in [4.78, 5) is 52.3. The van der Waals surface area contributed by atoms with Crippen LogP contribution in [0.15, 0.2) is 30.5 Å². The Morgan fingerprint density at radius 2 is 1.81 bits per heavy atom. The number of unbranched alkanes of at least 4 members (excludes halogenated alkanes) is 1. The number of carbonyl (C=O) groups excluding carboxylic acids is 3. The van der Waals surface area contributed by atoms with Gasteiger partial charge >= 0.3 is 5.97 Å². The molecule has 0 spiro atoms. The lowest BCUT2D eigenvalue weighted by Gasteiger charge is -2.21. The number of aromatic amines is 1. The third kappa shape index (κ3) is 9.17. The number of benzene rings is 1. The van der Waals surface area contributed by atoms with Crippen LogP contribution in [0.3, 0.4) is 0 Å². The lowest BCUT2D eigenvalue weighted by molar-refractivity contribution is -0.141. The molecule has 1 heterocycles. The summed E-state index contributed by atoms with van der Waals surface area (Å²) in [5.41, 5.74) is 13.5. The zero-order chi connectivity index (χ0) is 26.5. The fraction of sp³-hybridized carbons (Fsp3) is 0.500. The molecule has 3 unspecified atom stereocenters. The van der Waals surface area contributed by atoms with Gasteiger partial charge in [0.05, 0.1) is 12.6 Å². The Bertz CT molecular complexity index is 1030. The summed E-state index contributed by atoms with van der Waals surface area (Å²) in [5, 5.41) is 17.8. The molecule has 1 aromatic carbocycles. The van der Waals surface area contributed by atoms with Gasteiger partial charge in [-0.3, -0.25) is 14.4 Å². The van der Waals surface area contributed by atoms with Crippen LogP contribution >= 0.6 is 11.8 Å². The number of carboxylic acid groups (broad SMARTS) is 1. The number of carbonyl (C=O) groups is 4. The van der Waals surface area contributed by atoms with Crippen molar-refractivity contribution in [3.05, 3.63) is 36.0 Å². The van der Waals surface area contributed by atoms with Crippen molar-refractivity contribution in [3.8, 4) is 0 Å². The number of hydrogen-bond donors (Lipinski definition) is 7. The first-order chi connectivity index (χ1) is 17.3. The number of nitrogens with two attached hydrogens (primary N) is 2. The van der Waals surface area contributed by atoms with Gasteiger partial charge in [0.1, 0.15) is 12.1 Å². The van der Waals surface area contributed by atoms with Crippen LogP contribution in [0.2, 0.25) is 0 Å². The molecule has 3 amide bonds. The van der Waals surface area contributed by atoms with Gasteiger partial charge in [-0.25, -0.2) is 4.79 Å². The molecule has 1 aromatic heterocycles. The van der Waals surface area contributed by atoms with Crippen molar-refractivity contribution in [2.24, 2.45) is 11.5 Å². The number of fused-ring (bicyclic) bond motifs is 1. The van der Waals surface area contributed by atoms with E-state index in [1.165, 1.54) is 11.8 Å². The number of nitrogens with one attached hydrogen (secondary N) is 4. The summed E-state index contributed by atoms with van der Waals surface area (Å²) in [6.45, 7) is 0.0317. The maximum Gasteiger partial charge on any atom is 0.326 e. The first kappa shape index (κ1) is 29.1. The van der Waals surface area contributed by atoms with E-state index in [4.69, 9.17) is 11.5 Å². The molecule has 3 atom stereocenters. The molecular formula is C24H36N6O5S. The van der Waals surface area contributed by atoms with Gasteiger partial charge in [-0.1, -0.05) is 18.2 Å². The molecule has 0 radical (unpaired) electrons. The average Bonchev–Trinajstić information content (AvgIpc) is 3.26. The molecule has 198 valence electrons. The van der Waals surface area contributed by atoms with E-state index < -0.39 is 48.4 Å². The van der Waals surface area contributed by atoms with E-state index in [2.05, 4.69) is 20.9 Å². The van der Waals surface area contributed by atoms with Gasteiger partial charge in [0.2, 0.25) is 17.7 Å². The van der Waals surface area contributed by atoms with Crippen LogP contribution in [0.1, 0.15) is 31.2 Å². The maximum absolute atomic E-state index is 12.8. The van der Waals surface area contributed by atoms with Crippen LogP contribution in [0, 0.1) is 0 Å². The molecule has 11 nitrogen and oxygen atoms in total. The van der Waals surface area contributed by atoms with Crippen molar-refractivity contribution in [1.82, 2.24) is 20.9 Å². The van der Waals surface area contributed by atoms with Crippen LogP contribution in [-0.2, 0) is 25.6 Å². The van der Waals surface area contributed by atoms with E-state index in [1.807, 2.05) is 36.7 Å². The summed E-state index contributed by atoms with van der Waals surface area (Å²) in [6, 6.07) is 4.86. The minimum Gasteiger partial charge on any atom is -0.480 e. The summed E-state index contributed by atoms with van der Waals surface area (Å²) < 4.78 is 0. The van der Waals surface area contributed by atoms with E-state index in [-0.39, 0.29) is 12.8 Å². The van der Waals surface area contributed by atoms with Crippen molar-refractivity contribution >= 4 is 46.4 Å². The molecule has 36 heavy (non-hydrogen) atoms. The van der Waals surface area contributed by atoms with Gasteiger partial charge in [-0.05, 0) is 62.3 Å². The quantitative estimate of drug-likeness (QED) is 0.151. The van der Waals surface area contributed by atoms with Crippen molar-refractivity contribution in [3.63, 3.8) is 0 Å². The molecule has 0 bridgehead atoms.